The maximum atomic E-state index is 3.19. The van der Waals surface area contributed by atoms with Crippen LogP contribution < -0.4 is 10.2 Å². The van der Waals surface area contributed by atoms with Crippen LogP contribution in [0.25, 0.3) is 0 Å². The van der Waals surface area contributed by atoms with Crippen LogP contribution in [0.2, 0.25) is 0 Å². The fraction of sp³-hybridized carbons (Fsp3) is 0.625. The Morgan fingerprint density at radius 2 is 1.89 bits per heavy atom. The summed E-state index contributed by atoms with van der Waals surface area (Å²) in [4.78, 5) is 2.60. The molecule has 1 fully saturated rings. The first-order valence-corrected chi connectivity index (χ1v) is 7.21. The fourth-order valence-corrected chi connectivity index (χ4v) is 2.32. The highest BCUT2D eigenvalue weighted by molar-refractivity contribution is 5.49. The lowest BCUT2D eigenvalue weighted by molar-refractivity contribution is 0.571. The molecule has 0 atom stereocenters. The second kappa shape index (κ2) is 6.24. The highest BCUT2D eigenvalue weighted by Crippen LogP contribution is 2.32. The van der Waals surface area contributed by atoms with Gasteiger partial charge in [-0.3, -0.25) is 0 Å². The topological polar surface area (TPSA) is 15.3 Å². The Balaban J connectivity index is 2.00. The van der Waals surface area contributed by atoms with E-state index >= 15 is 0 Å². The van der Waals surface area contributed by atoms with E-state index in [9.17, 15) is 0 Å². The van der Waals surface area contributed by atoms with E-state index in [1.165, 1.54) is 37.1 Å². The first-order valence-electron chi connectivity index (χ1n) is 7.21. The van der Waals surface area contributed by atoms with Gasteiger partial charge in [0.25, 0.3) is 0 Å². The fourth-order valence-electron chi connectivity index (χ4n) is 2.32. The van der Waals surface area contributed by atoms with E-state index in [1.54, 1.807) is 0 Å². The summed E-state index contributed by atoms with van der Waals surface area (Å²) in [6, 6.07) is 9.86. The average molecular weight is 246 g/mol. The van der Waals surface area contributed by atoms with Crippen LogP contribution in [-0.4, -0.2) is 19.6 Å². The Hall–Kier alpha value is -1.02. The van der Waals surface area contributed by atoms with Crippen molar-refractivity contribution >= 4 is 5.69 Å². The van der Waals surface area contributed by atoms with Crippen molar-refractivity contribution in [2.75, 3.05) is 18.5 Å². The molecule has 0 heterocycles. The number of nitrogens with zero attached hydrogens (tertiary/aromatic N) is 1. The van der Waals surface area contributed by atoms with Gasteiger partial charge in [0.1, 0.15) is 0 Å². The van der Waals surface area contributed by atoms with Gasteiger partial charge in [0, 0.05) is 24.8 Å². The molecule has 1 aromatic carbocycles. The van der Waals surface area contributed by atoms with Crippen molar-refractivity contribution in [1.82, 2.24) is 5.32 Å². The summed E-state index contributed by atoms with van der Waals surface area (Å²) >= 11 is 0. The minimum Gasteiger partial charge on any atom is -0.369 e. The third-order valence-corrected chi connectivity index (χ3v) is 3.58. The minimum absolute atomic E-state index is 0.787. The molecule has 0 spiro atoms. The molecule has 2 nitrogen and oxygen atoms in total. The smallest absolute Gasteiger partial charge is 0.0368 e. The molecule has 1 aliphatic carbocycles. The maximum absolute atomic E-state index is 3.19. The molecule has 0 amide bonds. The van der Waals surface area contributed by atoms with Gasteiger partial charge in [0.15, 0.2) is 0 Å². The molecule has 0 unspecified atom stereocenters. The van der Waals surface area contributed by atoms with Crippen molar-refractivity contribution in [2.45, 2.75) is 45.7 Å². The van der Waals surface area contributed by atoms with E-state index in [0.29, 0.717) is 0 Å². The Kier molecular flexibility index (Phi) is 4.65. The lowest BCUT2D eigenvalue weighted by atomic mass is 10.1. The second-order valence-electron chi connectivity index (χ2n) is 5.80. The van der Waals surface area contributed by atoms with Gasteiger partial charge in [0.05, 0.1) is 0 Å². The zero-order valence-corrected chi connectivity index (χ0v) is 11.9. The molecule has 0 bridgehead atoms. The molecule has 2 heteroatoms. The predicted molar refractivity (Wildman–Crippen MR) is 79.0 cm³/mol. The molecule has 0 saturated heterocycles. The Morgan fingerprint density at radius 3 is 2.39 bits per heavy atom. The second-order valence-corrected chi connectivity index (χ2v) is 5.80. The Morgan fingerprint density at radius 1 is 1.22 bits per heavy atom. The third kappa shape index (κ3) is 3.74. The number of hydrogen-bond donors (Lipinski definition) is 1. The molecule has 0 aromatic heterocycles. The lowest BCUT2D eigenvalue weighted by Gasteiger charge is -2.26. The highest BCUT2D eigenvalue weighted by atomic mass is 15.2. The number of anilines is 1. The summed E-state index contributed by atoms with van der Waals surface area (Å²) in [5, 5.41) is 3.19. The quantitative estimate of drug-likeness (QED) is 0.793. The first-order chi connectivity index (χ1) is 8.70. The SMILES string of the molecule is CNCc1ccc(N(CCC(C)C)C2CC2)cc1. The van der Waals surface area contributed by atoms with Crippen LogP contribution >= 0.6 is 0 Å². The molecule has 0 radical (unpaired) electrons. The van der Waals surface area contributed by atoms with Gasteiger partial charge in [-0.05, 0) is 49.9 Å². The van der Waals surface area contributed by atoms with E-state index in [0.717, 1.165) is 18.5 Å². The Bertz CT molecular complexity index is 352. The van der Waals surface area contributed by atoms with Crippen molar-refractivity contribution in [2.24, 2.45) is 5.92 Å². The number of nitrogens with one attached hydrogen (secondary N) is 1. The highest BCUT2D eigenvalue weighted by Gasteiger charge is 2.28. The molecule has 0 aliphatic heterocycles. The summed E-state index contributed by atoms with van der Waals surface area (Å²) in [5.41, 5.74) is 2.76. The zero-order valence-electron chi connectivity index (χ0n) is 11.9. The van der Waals surface area contributed by atoms with Crippen molar-refractivity contribution in [3.8, 4) is 0 Å². The normalized spacial score (nSPS) is 15.1. The minimum atomic E-state index is 0.787. The summed E-state index contributed by atoms with van der Waals surface area (Å²) in [6.07, 6.45) is 4.03. The first kappa shape index (κ1) is 13.4. The maximum Gasteiger partial charge on any atom is 0.0368 e. The average Bonchev–Trinajstić information content (AvgIpc) is 3.16. The molecule has 1 saturated carbocycles. The van der Waals surface area contributed by atoms with E-state index in [4.69, 9.17) is 0 Å². The third-order valence-electron chi connectivity index (χ3n) is 3.58. The number of rotatable bonds is 7. The molecule has 18 heavy (non-hydrogen) atoms. The molecular formula is C16H26N2. The van der Waals surface area contributed by atoms with Gasteiger partial charge < -0.3 is 10.2 Å². The molecule has 100 valence electrons. The van der Waals surface area contributed by atoms with Crippen LogP contribution in [0.4, 0.5) is 5.69 Å². The molecular weight excluding hydrogens is 220 g/mol. The van der Waals surface area contributed by atoms with Crippen LogP contribution in [-0.2, 0) is 6.54 Å². The van der Waals surface area contributed by atoms with Gasteiger partial charge in [-0.1, -0.05) is 26.0 Å². The van der Waals surface area contributed by atoms with Gasteiger partial charge in [-0.25, -0.2) is 0 Å². The van der Waals surface area contributed by atoms with E-state index in [2.05, 4.69) is 48.3 Å². The molecule has 1 aromatic rings. The van der Waals surface area contributed by atoms with Crippen molar-refractivity contribution in [3.05, 3.63) is 29.8 Å². The molecule has 2 rings (SSSR count). The largest absolute Gasteiger partial charge is 0.369 e. The van der Waals surface area contributed by atoms with Crippen LogP contribution in [0.5, 0.6) is 0 Å². The van der Waals surface area contributed by atoms with Gasteiger partial charge >= 0.3 is 0 Å². The van der Waals surface area contributed by atoms with Gasteiger partial charge in [-0.2, -0.15) is 0 Å². The summed E-state index contributed by atoms with van der Waals surface area (Å²) < 4.78 is 0. The summed E-state index contributed by atoms with van der Waals surface area (Å²) in [6.45, 7) is 6.77. The van der Waals surface area contributed by atoms with E-state index in [-0.39, 0.29) is 0 Å². The monoisotopic (exact) mass is 246 g/mol. The number of hydrogen-bond acceptors (Lipinski definition) is 2. The lowest BCUT2D eigenvalue weighted by Crippen LogP contribution is -2.27. The van der Waals surface area contributed by atoms with E-state index in [1.807, 2.05) is 7.05 Å². The van der Waals surface area contributed by atoms with Crippen molar-refractivity contribution in [1.29, 1.82) is 0 Å². The zero-order chi connectivity index (χ0) is 13.0. The molecule has 1 aliphatic rings. The standard InChI is InChI=1S/C16H26N2/c1-13(2)10-11-18(16-8-9-16)15-6-4-14(5-7-15)12-17-3/h4-7,13,16-17H,8-12H2,1-3H3. The summed E-state index contributed by atoms with van der Waals surface area (Å²) in [7, 11) is 1.99. The summed E-state index contributed by atoms with van der Waals surface area (Å²) in [5.74, 6) is 0.787. The van der Waals surface area contributed by atoms with Crippen LogP contribution in [0.3, 0.4) is 0 Å². The van der Waals surface area contributed by atoms with Gasteiger partial charge in [0.2, 0.25) is 0 Å². The molecule has 1 N–H and O–H groups in total. The predicted octanol–water partition coefficient (Wildman–Crippen LogP) is 3.42. The van der Waals surface area contributed by atoms with Crippen molar-refractivity contribution in [3.63, 3.8) is 0 Å². The van der Waals surface area contributed by atoms with Crippen LogP contribution in [0, 0.1) is 5.92 Å². The number of benzene rings is 1. The van der Waals surface area contributed by atoms with Crippen LogP contribution in [0.1, 0.15) is 38.7 Å². The Labute approximate surface area is 111 Å². The van der Waals surface area contributed by atoms with Crippen molar-refractivity contribution < 1.29 is 0 Å². The van der Waals surface area contributed by atoms with E-state index < -0.39 is 0 Å². The van der Waals surface area contributed by atoms with Crippen LogP contribution in [0.15, 0.2) is 24.3 Å². The van der Waals surface area contributed by atoms with Gasteiger partial charge in [-0.15, -0.1) is 0 Å².